The third kappa shape index (κ3) is 6.52. The Labute approximate surface area is 254 Å². The van der Waals surface area contributed by atoms with Crippen molar-refractivity contribution < 1.29 is 22.7 Å². The van der Waals surface area contributed by atoms with Crippen LogP contribution in [0, 0.1) is 0 Å². The standard InChI is InChI=1S/C32H30N4O5S2/c1-4-35(25-9-7-6-8-10-25)43(38,39)28-18-13-24(14-19-28)31(37)36(33-22-23-11-15-26(16-12-23)41-5-2)32-34-29-20-17-27(40-3)21-30(29)42-32/h6-22H,4-5H2,1-3H3/b33-22+. The Balaban J connectivity index is 1.48. The number of fused-ring (bicyclic) bond motifs is 1. The van der Waals surface area contributed by atoms with Crippen LogP contribution in [0.1, 0.15) is 29.8 Å². The molecule has 0 radical (unpaired) electrons. The number of methoxy groups -OCH3 is 1. The van der Waals surface area contributed by atoms with Crippen LogP contribution in [0.3, 0.4) is 0 Å². The Kier molecular flexibility index (Phi) is 9.03. The molecule has 0 atom stereocenters. The Bertz CT molecular complexity index is 1840. The van der Waals surface area contributed by atoms with E-state index in [2.05, 4.69) is 10.1 Å². The first kappa shape index (κ1) is 29.7. The van der Waals surface area contributed by atoms with E-state index in [1.165, 1.54) is 44.9 Å². The predicted octanol–water partition coefficient (Wildman–Crippen LogP) is 6.60. The van der Waals surface area contributed by atoms with Gasteiger partial charge in [-0.05, 0) is 98.3 Å². The Morgan fingerprint density at radius 3 is 2.28 bits per heavy atom. The van der Waals surface area contributed by atoms with Gasteiger partial charge >= 0.3 is 0 Å². The smallest absolute Gasteiger partial charge is 0.280 e. The number of hydrogen-bond donors (Lipinski definition) is 0. The first-order valence-electron chi connectivity index (χ1n) is 13.6. The molecule has 9 nitrogen and oxygen atoms in total. The number of benzene rings is 4. The van der Waals surface area contributed by atoms with Crippen LogP contribution in [-0.2, 0) is 10.0 Å². The van der Waals surface area contributed by atoms with Gasteiger partial charge in [0.05, 0.1) is 40.7 Å². The van der Waals surface area contributed by atoms with Crippen LogP contribution in [0.4, 0.5) is 10.8 Å². The molecular formula is C32H30N4O5S2. The van der Waals surface area contributed by atoms with Gasteiger partial charge < -0.3 is 9.47 Å². The number of carbonyl (C=O) groups is 1. The number of ether oxygens (including phenoxy) is 2. The average molecular weight is 615 g/mol. The molecule has 1 heterocycles. The maximum atomic E-state index is 13.9. The molecule has 11 heteroatoms. The zero-order valence-electron chi connectivity index (χ0n) is 23.9. The number of hydrogen-bond acceptors (Lipinski definition) is 8. The van der Waals surface area contributed by atoms with Gasteiger partial charge in [0, 0.05) is 12.1 Å². The molecule has 0 fully saturated rings. The van der Waals surface area contributed by atoms with E-state index in [1.807, 2.05) is 49.4 Å². The van der Waals surface area contributed by atoms with Crippen LogP contribution in [0.2, 0.25) is 0 Å². The molecule has 1 amide bonds. The fourth-order valence-corrected chi connectivity index (χ4v) is 6.77. The quantitative estimate of drug-likeness (QED) is 0.123. The third-order valence-electron chi connectivity index (χ3n) is 6.49. The summed E-state index contributed by atoms with van der Waals surface area (Å²) in [6.45, 7) is 4.50. The number of hydrazone groups is 1. The van der Waals surface area contributed by atoms with Crippen LogP contribution >= 0.6 is 11.3 Å². The first-order valence-corrected chi connectivity index (χ1v) is 15.8. The Morgan fingerprint density at radius 1 is 0.930 bits per heavy atom. The molecule has 220 valence electrons. The zero-order valence-corrected chi connectivity index (χ0v) is 25.5. The number of thiazole rings is 1. The van der Waals surface area contributed by atoms with Crippen molar-refractivity contribution in [1.82, 2.24) is 4.98 Å². The lowest BCUT2D eigenvalue weighted by atomic mass is 10.2. The summed E-state index contributed by atoms with van der Waals surface area (Å²) in [6, 6.07) is 27.5. The van der Waals surface area contributed by atoms with Crippen molar-refractivity contribution in [1.29, 1.82) is 0 Å². The summed E-state index contributed by atoms with van der Waals surface area (Å²) >= 11 is 1.29. The number of rotatable bonds is 11. The van der Waals surface area contributed by atoms with Gasteiger partial charge in [-0.1, -0.05) is 29.5 Å². The highest BCUT2D eigenvalue weighted by molar-refractivity contribution is 7.92. The second-order valence-electron chi connectivity index (χ2n) is 9.22. The molecule has 5 rings (SSSR count). The molecule has 0 unspecified atom stereocenters. The van der Waals surface area contributed by atoms with E-state index in [0.29, 0.717) is 28.7 Å². The van der Waals surface area contributed by atoms with Gasteiger partial charge in [0.2, 0.25) is 5.13 Å². The van der Waals surface area contributed by atoms with Crippen molar-refractivity contribution in [2.45, 2.75) is 18.7 Å². The van der Waals surface area contributed by atoms with Crippen molar-refractivity contribution in [3.8, 4) is 11.5 Å². The SMILES string of the molecule is CCOc1ccc(/C=N/N(C(=O)c2ccc(S(=O)(=O)N(CC)c3ccccc3)cc2)c2nc3ccc(OC)cc3s2)cc1. The topological polar surface area (TPSA) is 101 Å². The van der Waals surface area contributed by atoms with Crippen LogP contribution in [-0.4, -0.2) is 45.8 Å². The normalized spacial score (nSPS) is 11.5. The van der Waals surface area contributed by atoms with E-state index >= 15 is 0 Å². The minimum atomic E-state index is -3.85. The van der Waals surface area contributed by atoms with Gasteiger partial charge in [-0.2, -0.15) is 10.1 Å². The van der Waals surface area contributed by atoms with Gasteiger partial charge in [0.15, 0.2) is 0 Å². The Morgan fingerprint density at radius 2 is 1.63 bits per heavy atom. The molecule has 4 aromatic carbocycles. The molecule has 0 saturated carbocycles. The van der Waals surface area contributed by atoms with Crippen molar-refractivity contribution >= 4 is 54.5 Å². The minimum Gasteiger partial charge on any atom is -0.497 e. The van der Waals surface area contributed by atoms with E-state index in [1.54, 1.807) is 50.6 Å². The van der Waals surface area contributed by atoms with Gasteiger partial charge in [-0.3, -0.25) is 9.10 Å². The van der Waals surface area contributed by atoms with Gasteiger partial charge in [0.1, 0.15) is 11.5 Å². The molecule has 0 aliphatic carbocycles. The van der Waals surface area contributed by atoms with Crippen LogP contribution in [0.25, 0.3) is 10.2 Å². The molecule has 0 bridgehead atoms. The molecule has 0 saturated heterocycles. The van der Waals surface area contributed by atoms with Crippen LogP contribution in [0.15, 0.2) is 107 Å². The number of aromatic nitrogens is 1. The van der Waals surface area contributed by atoms with E-state index in [9.17, 15) is 13.2 Å². The molecule has 0 aliphatic heterocycles. The van der Waals surface area contributed by atoms with E-state index < -0.39 is 15.9 Å². The van der Waals surface area contributed by atoms with Gasteiger partial charge in [-0.15, -0.1) is 0 Å². The molecule has 43 heavy (non-hydrogen) atoms. The first-order chi connectivity index (χ1) is 20.8. The number of carbonyl (C=O) groups excluding carboxylic acids is 1. The lowest BCUT2D eigenvalue weighted by molar-refractivity contribution is 0.0987. The summed E-state index contributed by atoms with van der Waals surface area (Å²) < 4.78 is 39.9. The van der Waals surface area contributed by atoms with Crippen molar-refractivity contribution in [3.05, 3.63) is 108 Å². The molecule has 0 spiro atoms. The van der Waals surface area contributed by atoms with Crippen LogP contribution < -0.4 is 18.8 Å². The van der Waals surface area contributed by atoms with Gasteiger partial charge in [0.25, 0.3) is 15.9 Å². The lowest BCUT2D eigenvalue weighted by Crippen LogP contribution is -2.31. The molecular weight excluding hydrogens is 585 g/mol. The highest BCUT2D eigenvalue weighted by atomic mass is 32.2. The summed E-state index contributed by atoms with van der Waals surface area (Å²) in [5.41, 5.74) is 2.26. The van der Waals surface area contributed by atoms with Crippen molar-refractivity contribution in [2.75, 3.05) is 29.6 Å². The Hall–Kier alpha value is -4.74. The summed E-state index contributed by atoms with van der Waals surface area (Å²) in [5.74, 6) is 0.941. The number of para-hydroxylation sites is 1. The van der Waals surface area contributed by atoms with Crippen molar-refractivity contribution in [2.24, 2.45) is 5.10 Å². The summed E-state index contributed by atoms with van der Waals surface area (Å²) in [7, 11) is -2.26. The fraction of sp³-hybridized carbons (Fsp3) is 0.156. The predicted molar refractivity (Wildman–Crippen MR) is 171 cm³/mol. The number of nitrogens with zero attached hydrogens (tertiary/aromatic N) is 4. The number of amides is 1. The van der Waals surface area contributed by atoms with E-state index in [0.717, 1.165) is 16.0 Å². The summed E-state index contributed by atoms with van der Waals surface area (Å²) in [5, 5.41) is 6.09. The zero-order chi connectivity index (χ0) is 30.4. The van der Waals surface area contributed by atoms with E-state index in [4.69, 9.17) is 9.47 Å². The van der Waals surface area contributed by atoms with Gasteiger partial charge in [-0.25, -0.2) is 13.4 Å². The monoisotopic (exact) mass is 614 g/mol. The maximum absolute atomic E-state index is 13.9. The van der Waals surface area contributed by atoms with Crippen LogP contribution in [0.5, 0.6) is 11.5 Å². The summed E-state index contributed by atoms with van der Waals surface area (Å²) in [6.07, 6.45) is 1.57. The molecule has 0 aliphatic rings. The maximum Gasteiger partial charge on any atom is 0.280 e. The lowest BCUT2D eigenvalue weighted by Gasteiger charge is -2.23. The molecule has 0 N–H and O–H groups in total. The average Bonchev–Trinajstić information content (AvgIpc) is 3.46. The van der Waals surface area contributed by atoms with Crippen molar-refractivity contribution in [3.63, 3.8) is 0 Å². The number of anilines is 2. The minimum absolute atomic E-state index is 0.0753. The second kappa shape index (κ2) is 13.1. The molecule has 1 aromatic heterocycles. The largest absolute Gasteiger partial charge is 0.497 e. The third-order valence-corrected chi connectivity index (χ3v) is 9.40. The highest BCUT2D eigenvalue weighted by Gasteiger charge is 2.26. The molecule has 5 aromatic rings. The fourth-order valence-electron chi connectivity index (χ4n) is 4.34. The second-order valence-corrected chi connectivity index (χ2v) is 12.1. The highest BCUT2D eigenvalue weighted by Crippen LogP contribution is 2.33. The summed E-state index contributed by atoms with van der Waals surface area (Å²) in [4.78, 5) is 18.6. The van der Waals surface area contributed by atoms with E-state index in [-0.39, 0.29) is 17.0 Å². The number of sulfonamides is 1.